The van der Waals surface area contributed by atoms with E-state index >= 15 is 0 Å². The number of ether oxygens (including phenoxy) is 1. The Balaban J connectivity index is 4.52. The first kappa shape index (κ1) is 14.9. The van der Waals surface area contributed by atoms with Crippen LogP contribution in [0.3, 0.4) is 0 Å². The van der Waals surface area contributed by atoms with E-state index in [0.717, 1.165) is 0 Å². The molecule has 0 fully saturated rings. The van der Waals surface area contributed by atoms with Crippen molar-refractivity contribution in [1.82, 2.24) is 5.32 Å². The summed E-state index contributed by atoms with van der Waals surface area (Å²) < 4.78 is 4.98. The number of carbonyl (C=O) groups excluding carboxylic acids is 1. The average Bonchev–Trinajstić information content (AvgIpc) is 2.15. The van der Waals surface area contributed by atoms with Crippen molar-refractivity contribution in [2.75, 3.05) is 7.11 Å². The second-order valence-corrected chi connectivity index (χ2v) is 4.71. The lowest BCUT2D eigenvalue weighted by molar-refractivity contribution is -0.147. The van der Waals surface area contributed by atoms with Gasteiger partial charge in [0.2, 0.25) is 0 Å². The van der Waals surface area contributed by atoms with Crippen LogP contribution < -0.4 is 5.32 Å². The van der Waals surface area contributed by atoms with Crippen molar-refractivity contribution in [1.29, 1.82) is 0 Å². The van der Waals surface area contributed by atoms with E-state index in [2.05, 4.69) is 5.32 Å². The monoisotopic (exact) mass is 231 g/mol. The summed E-state index contributed by atoms with van der Waals surface area (Å²) in [4.78, 5) is 22.6. The number of carbonyl (C=O) groups is 2. The molecule has 0 aliphatic heterocycles. The Morgan fingerprint density at radius 2 is 1.88 bits per heavy atom. The van der Waals surface area contributed by atoms with Crippen LogP contribution in [0, 0.1) is 5.92 Å². The van der Waals surface area contributed by atoms with Crippen LogP contribution in [-0.4, -0.2) is 35.7 Å². The maximum atomic E-state index is 11.7. The number of aliphatic carboxylic acids is 1. The van der Waals surface area contributed by atoms with Gasteiger partial charge in [-0.05, 0) is 26.2 Å². The van der Waals surface area contributed by atoms with Crippen molar-refractivity contribution in [3.63, 3.8) is 0 Å². The van der Waals surface area contributed by atoms with Gasteiger partial charge in [0.1, 0.15) is 11.6 Å². The molecule has 0 saturated heterocycles. The molecular weight excluding hydrogens is 210 g/mol. The molecule has 0 rings (SSSR count). The maximum absolute atomic E-state index is 11.7. The predicted octanol–water partition coefficient (Wildman–Crippen LogP) is 1.03. The summed E-state index contributed by atoms with van der Waals surface area (Å²) >= 11 is 0. The molecule has 1 unspecified atom stereocenters. The molecule has 5 nitrogen and oxygen atoms in total. The molecule has 0 aliphatic rings. The van der Waals surface area contributed by atoms with Crippen molar-refractivity contribution in [3.8, 4) is 0 Å². The summed E-state index contributed by atoms with van der Waals surface area (Å²) in [6.45, 7) is 7.00. The van der Waals surface area contributed by atoms with Gasteiger partial charge in [-0.15, -0.1) is 0 Å². The molecule has 0 aliphatic carbocycles. The molecule has 0 heterocycles. The smallest absolute Gasteiger partial charge is 0.326 e. The maximum Gasteiger partial charge on any atom is 0.326 e. The number of amides is 1. The molecular formula is C11H21NO4. The SMILES string of the molecule is COC(C)(C)C(=O)NC(CC(C)C)C(=O)O. The van der Waals surface area contributed by atoms with Crippen molar-refractivity contribution in [3.05, 3.63) is 0 Å². The van der Waals surface area contributed by atoms with Gasteiger partial charge in [-0.3, -0.25) is 4.79 Å². The fourth-order valence-electron chi connectivity index (χ4n) is 1.12. The molecule has 0 spiro atoms. The van der Waals surface area contributed by atoms with Crippen molar-refractivity contribution < 1.29 is 19.4 Å². The average molecular weight is 231 g/mol. The van der Waals surface area contributed by atoms with Gasteiger partial charge in [0.25, 0.3) is 5.91 Å². The predicted molar refractivity (Wildman–Crippen MR) is 60.1 cm³/mol. The number of carboxylic acids is 1. The second-order valence-electron chi connectivity index (χ2n) is 4.71. The third kappa shape index (κ3) is 4.61. The lowest BCUT2D eigenvalue weighted by Crippen LogP contribution is -2.50. The molecule has 16 heavy (non-hydrogen) atoms. The van der Waals surface area contributed by atoms with E-state index in [0.29, 0.717) is 6.42 Å². The lowest BCUT2D eigenvalue weighted by atomic mass is 10.0. The fraction of sp³-hybridized carbons (Fsp3) is 0.818. The molecule has 5 heteroatoms. The highest BCUT2D eigenvalue weighted by Crippen LogP contribution is 2.10. The number of carboxylic acid groups (broad SMARTS) is 1. The topological polar surface area (TPSA) is 75.6 Å². The highest BCUT2D eigenvalue weighted by atomic mass is 16.5. The van der Waals surface area contributed by atoms with Crippen LogP contribution in [0.5, 0.6) is 0 Å². The van der Waals surface area contributed by atoms with Crippen molar-refractivity contribution in [2.45, 2.75) is 45.8 Å². The first-order valence-corrected chi connectivity index (χ1v) is 5.29. The quantitative estimate of drug-likeness (QED) is 0.715. The number of hydrogen-bond acceptors (Lipinski definition) is 3. The highest BCUT2D eigenvalue weighted by molar-refractivity contribution is 5.88. The molecule has 0 radical (unpaired) electrons. The summed E-state index contributed by atoms with van der Waals surface area (Å²) in [6, 6.07) is -0.859. The Labute approximate surface area is 96.2 Å². The highest BCUT2D eigenvalue weighted by Gasteiger charge is 2.31. The third-order valence-electron chi connectivity index (χ3n) is 2.37. The fourth-order valence-corrected chi connectivity index (χ4v) is 1.12. The van der Waals surface area contributed by atoms with Gasteiger partial charge in [0, 0.05) is 7.11 Å². The molecule has 0 aromatic carbocycles. The number of methoxy groups -OCH3 is 1. The van der Waals surface area contributed by atoms with E-state index in [9.17, 15) is 9.59 Å². The van der Waals surface area contributed by atoms with E-state index in [1.165, 1.54) is 7.11 Å². The van der Waals surface area contributed by atoms with Gasteiger partial charge in [0.15, 0.2) is 0 Å². The Hall–Kier alpha value is -1.10. The zero-order valence-corrected chi connectivity index (χ0v) is 10.5. The Bertz CT molecular complexity index is 261. The van der Waals surface area contributed by atoms with Gasteiger partial charge >= 0.3 is 5.97 Å². The molecule has 0 aromatic heterocycles. The summed E-state index contributed by atoms with van der Waals surface area (Å²) in [5, 5.41) is 11.4. The Kier molecular flexibility index (Phi) is 5.44. The molecule has 0 bridgehead atoms. The molecule has 2 N–H and O–H groups in total. The molecule has 94 valence electrons. The van der Waals surface area contributed by atoms with E-state index < -0.39 is 23.5 Å². The first-order valence-electron chi connectivity index (χ1n) is 5.29. The second kappa shape index (κ2) is 5.84. The van der Waals surface area contributed by atoms with Gasteiger partial charge in [-0.1, -0.05) is 13.8 Å². The zero-order chi connectivity index (χ0) is 12.9. The van der Waals surface area contributed by atoms with Gasteiger partial charge < -0.3 is 15.2 Å². The van der Waals surface area contributed by atoms with Gasteiger partial charge in [-0.25, -0.2) is 4.79 Å². The van der Waals surface area contributed by atoms with Crippen LogP contribution in [0.25, 0.3) is 0 Å². The van der Waals surface area contributed by atoms with Gasteiger partial charge in [-0.2, -0.15) is 0 Å². The van der Waals surface area contributed by atoms with Crippen LogP contribution in [0.4, 0.5) is 0 Å². The third-order valence-corrected chi connectivity index (χ3v) is 2.37. The molecule has 1 atom stereocenters. The summed E-state index contributed by atoms with van der Waals surface area (Å²) in [5.74, 6) is -1.23. The van der Waals surface area contributed by atoms with E-state index in [1.54, 1.807) is 13.8 Å². The standard InChI is InChI=1S/C11H21NO4/c1-7(2)6-8(9(13)14)12-10(15)11(3,4)16-5/h7-8H,6H2,1-5H3,(H,12,15)(H,13,14). The molecule has 0 aromatic rings. The lowest BCUT2D eigenvalue weighted by Gasteiger charge is -2.25. The normalized spacial score (nSPS) is 13.6. The van der Waals surface area contributed by atoms with E-state index in [-0.39, 0.29) is 5.92 Å². The van der Waals surface area contributed by atoms with Crippen LogP contribution >= 0.6 is 0 Å². The van der Waals surface area contributed by atoms with Crippen molar-refractivity contribution in [2.24, 2.45) is 5.92 Å². The summed E-state index contributed by atoms with van der Waals surface area (Å²) in [7, 11) is 1.41. The van der Waals surface area contributed by atoms with Crippen LogP contribution in [0.2, 0.25) is 0 Å². The first-order chi connectivity index (χ1) is 7.20. The molecule has 1 amide bonds. The van der Waals surface area contributed by atoms with Gasteiger partial charge in [0.05, 0.1) is 0 Å². The van der Waals surface area contributed by atoms with Crippen LogP contribution in [0.15, 0.2) is 0 Å². The van der Waals surface area contributed by atoms with E-state index in [1.807, 2.05) is 13.8 Å². The number of rotatable bonds is 6. The van der Waals surface area contributed by atoms with Crippen LogP contribution in [0.1, 0.15) is 34.1 Å². The minimum Gasteiger partial charge on any atom is -0.480 e. The Morgan fingerprint density at radius 3 is 2.19 bits per heavy atom. The minimum atomic E-state index is -1.02. The van der Waals surface area contributed by atoms with E-state index in [4.69, 9.17) is 9.84 Å². The summed E-state index contributed by atoms with van der Waals surface area (Å²) in [6.07, 6.45) is 0.404. The zero-order valence-electron chi connectivity index (χ0n) is 10.5. The largest absolute Gasteiger partial charge is 0.480 e. The number of nitrogens with one attached hydrogen (secondary N) is 1. The minimum absolute atomic E-state index is 0.201. The number of hydrogen-bond donors (Lipinski definition) is 2. The summed E-state index contributed by atoms with van der Waals surface area (Å²) in [5.41, 5.74) is -1.01. The van der Waals surface area contributed by atoms with Crippen LogP contribution in [-0.2, 0) is 14.3 Å². The van der Waals surface area contributed by atoms with Crippen molar-refractivity contribution >= 4 is 11.9 Å². The molecule has 0 saturated carbocycles. The Morgan fingerprint density at radius 1 is 1.38 bits per heavy atom.